The van der Waals surface area contributed by atoms with Gasteiger partial charge < -0.3 is 10.5 Å². The SMILES string of the molecule is CC(C)Oc1ccc(CCSc2nc(N)cc(Cl)n2)nc1Cl. The van der Waals surface area contributed by atoms with Crippen LogP contribution in [-0.4, -0.2) is 26.8 Å². The highest BCUT2D eigenvalue weighted by Gasteiger charge is 2.08. The molecule has 0 aliphatic heterocycles. The molecule has 0 spiro atoms. The van der Waals surface area contributed by atoms with Gasteiger partial charge in [-0.1, -0.05) is 35.0 Å². The van der Waals surface area contributed by atoms with Crippen molar-refractivity contribution in [3.63, 3.8) is 0 Å². The molecule has 0 saturated carbocycles. The lowest BCUT2D eigenvalue weighted by Gasteiger charge is -2.11. The van der Waals surface area contributed by atoms with E-state index in [-0.39, 0.29) is 6.10 Å². The van der Waals surface area contributed by atoms with E-state index in [0.717, 1.165) is 17.9 Å². The van der Waals surface area contributed by atoms with E-state index in [4.69, 9.17) is 33.7 Å². The Kier molecular flexibility index (Phi) is 6.11. The maximum Gasteiger partial charge on any atom is 0.190 e. The van der Waals surface area contributed by atoms with Crippen molar-refractivity contribution in [2.75, 3.05) is 11.5 Å². The predicted octanol–water partition coefficient (Wildman–Crippen LogP) is 3.88. The van der Waals surface area contributed by atoms with Crippen molar-refractivity contribution in [2.45, 2.75) is 31.5 Å². The van der Waals surface area contributed by atoms with Gasteiger partial charge in [-0.2, -0.15) is 0 Å². The molecule has 0 saturated heterocycles. The summed E-state index contributed by atoms with van der Waals surface area (Å²) in [5.74, 6) is 1.70. The second-order valence-corrected chi connectivity index (χ2v) is 6.56. The second-order valence-electron chi connectivity index (χ2n) is 4.75. The van der Waals surface area contributed by atoms with E-state index in [1.54, 1.807) is 0 Å². The molecule has 5 nitrogen and oxygen atoms in total. The summed E-state index contributed by atoms with van der Waals surface area (Å²) in [5, 5.41) is 1.27. The lowest BCUT2D eigenvalue weighted by atomic mass is 10.3. The van der Waals surface area contributed by atoms with Gasteiger partial charge in [0, 0.05) is 17.5 Å². The summed E-state index contributed by atoms with van der Waals surface area (Å²) < 4.78 is 5.55. The summed E-state index contributed by atoms with van der Waals surface area (Å²) in [6.45, 7) is 3.88. The van der Waals surface area contributed by atoms with Gasteiger partial charge in [0.25, 0.3) is 0 Å². The summed E-state index contributed by atoms with van der Waals surface area (Å²) in [5.41, 5.74) is 6.50. The molecule has 2 N–H and O–H groups in total. The summed E-state index contributed by atoms with van der Waals surface area (Å²) in [4.78, 5) is 12.5. The van der Waals surface area contributed by atoms with E-state index < -0.39 is 0 Å². The topological polar surface area (TPSA) is 73.9 Å². The highest BCUT2D eigenvalue weighted by Crippen LogP contribution is 2.24. The van der Waals surface area contributed by atoms with Crippen LogP contribution < -0.4 is 10.5 Å². The number of aryl methyl sites for hydroxylation is 1. The fraction of sp³-hybridized carbons (Fsp3) is 0.357. The van der Waals surface area contributed by atoms with Crippen LogP contribution in [0.25, 0.3) is 0 Å². The van der Waals surface area contributed by atoms with E-state index in [1.807, 2.05) is 26.0 Å². The maximum atomic E-state index is 6.11. The molecule has 0 amide bonds. The molecular weight excluding hydrogens is 343 g/mol. The third-order valence-corrected chi connectivity index (χ3v) is 3.83. The number of hydrogen-bond acceptors (Lipinski definition) is 6. The van der Waals surface area contributed by atoms with Gasteiger partial charge in [-0.15, -0.1) is 0 Å². The molecule has 0 radical (unpaired) electrons. The average molecular weight is 359 g/mol. The Hall–Kier alpha value is -1.24. The van der Waals surface area contributed by atoms with Gasteiger partial charge in [0.15, 0.2) is 16.1 Å². The van der Waals surface area contributed by atoms with Crippen molar-refractivity contribution in [3.05, 3.63) is 34.2 Å². The molecule has 0 atom stereocenters. The molecular formula is C14H16Cl2N4OS. The van der Waals surface area contributed by atoms with Gasteiger partial charge >= 0.3 is 0 Å². The van der Waals surface area contributed by atoms with E-state index >= 15 is 0 Å². The van der Waals surface area contributed by atoms with E-state index in [9.17, 15) is 0 Å². The number of halogens is 2. The Labute approximate surface area is 143 Å². The summed E-state index contributed by atoms with van der Waals surface area (Å²) >= 11 is 13.4. The maximum absolute atomic E-state index is 6.11. The smallest absolute Gasteiger partial charge is 0.190 e. The quantitative estimate of drug-likeness (QED) is 0.365. The van der Waals surface area contributed by atoms with Gasteiger partial charge in [0.2, 0.25) is 0 Å². The van der Waals surface area contributed by atoms with Crippen LogP contribution in [0.3, 0.4) is 0 Å². The van der Waals surface area contributed by atoms with Gasteiger partial charge in [-0.25, -0.2) is 15.0 Å². The zero-order valence-electron chi connectivity index (χ0n) is 12.2. The van der Waals surface area contributed by atoms with Crippen molar-refractivity contribution in [1.29, 1.82) is 0 Å². The summed E-state index contributed by atoms with van der Waals surface area (Å²) in [7, 11) is 0. The summed E-state index contributed by atoms with van der Waals surface area (Å²) in [6, 6.07) is 5.25. The first kappa shape index (κ1) is 17.1. The molecule has 0 aliphatic rings. The lowest BCUT2D eigenvalue weighted by Crippen LogP contribution is -2.07. The predicted molar refractivity (Wildman–Crippen MR) is 90.9 cm³/mol. The Morgan fingerprint density at radius 2 is 2.00 bits per heavy atom. The van der Waals surface area contributed by atoms with Crippen LogP contribution in [0.2, 0.25) is 10.3 Å². The number of anilines is 1. The Morgan fingerprint density at radius 1 is 1.23 bits per heavy atom. The minimum atomic E-state index is 0.0612. The molecule has 118 valence electrons. The third-order valence-electron chi connectivity index (χ3n) is 2.52. The molecule has 8 heteroatoms. The van der Waals surface area contributed by atoms with Crippen molar-refractivity contribution in [3.8, 4) is 5.75 Å². The fourth-order valence-corrected chi connectivity index (χ4v) is 2.95. The third kappa shape index (κ3) is 5.19. The van der Waals surface area contributed by atoms with Crippen molar-refractivity contribution >= 4 is 40.8 Å². The molecule has 2 rings (SSSR count). The van der Waals surface area contributed by atoms with Crippen LogP contribution in [0.1, 0.15) is 19.5 Å². The van der Waals surface area contributed by atoms with Gasteiger partial charge in [-0.3, -0.25) is 0 Å². The molecule has 0 bridgehead atoms. The monoisotopic (exact) mass is 358 g/mol. The van der Waals surface area contributed by atoms with Crippen molar-refractivity contribution in [2.24, 2.45) is 0 Å². The number of thioether (sulfide) groups is 1. The minimum absolute atomic E-state index is 0.0612. The van der Waals surface area contributed by atoms with Gasteiger partial charge in [-0.05, 0) is 32.4 Å². The zero-order valence-corrected chi connectivity index (χ0v) is 14.5. The minimum Gasteiger partial charge on any atom is -0.488 e. The average Bonchev–Trinajstić information content (AvgIpc) is 2.40. The molecule has 22 heavy (non-hydrogen) atoms. The first-order valence-electron chi connectivity index (χ1n) is 6.69. The number of rotatable bonds is 6. The zero-order chi connectivity index (χ0) is 16.1. The van der Waals surface area contributed by atoms with E-state index in [0.29, 0.717) is 27.0 Å². The van der Waals surface area contributed by atoms with Crippen LogP contribution in [0, 0.1) is 0 Å². The van der Waals surface area contributed by atoms with Crippen LogP contribution in [0.15, 0.2) is 23.4 Å². The molecule has 0 aromatic carbocycles. The number of nitrogens with two attached hydrogens (primary N) is 1. The Morgan fingerprint density at radius 3 is 2.64 bits per heavy atom. The second kappa shape index (κ2) is 7.85. The highest BCUT2D eigenvalue weighted by molar-refractivity contribution is 7.99. The van der Waals surface area contributed by atoms with Crippen LogP contribution in [0.5, 0.6) is 5.75 Å². The molecule has 2 aromatic rings. The first-order valence-corrected chi connectivity index (χ1v) is 8.43. The highest BCUT2D eigenvalue weighted by atomic mass is 35.5. The number of ether oxygens (including phenoxy) is 1. The first-order chi connectivity index (χ1) is 10.4. The number of nitrogen functional groups attached to an aromatic ring is 1. The Balaban J connectivity index is 1.93. The number of nitrogens with zero attached hydrogens (tertiary/aromatic N) is 3. The van der Waals surface area contributed by atoms with Crippen LogP contribution in [0.4, 0.5) is 5.82 Å². The van der Waals surface area contributed by atoms with Crippen molar-refractivity contribution < 1.29 is 4.74 Å². The molecule has 0 aliphatic carbocycles. The van der Waals surface area contributed by atoms with Gasteiger partial charge in [0.1, 0.15) is 11.0 Å². The fourth-order valence-electron chi connectivity index (χ4n) is 1.66. The van der Waals surface area contributed by atoms with Crippen molar-refractivity contribution in [1.82, 2.24) is 15.0 Å². The molecule has 0 unspecified atom stereocenters. The van der Waals surface area contributed by atoms with Crippen LogP contribution in [-0.2, 0) is 6.42 Å². The van der Waals surface area contributed by atoms with Gasteiger partial charge in [0.05, 0.1) is 6.10 Å². The number of pyridine rings is 1. The standard InChI is InChI=1S/C14H16Cl2N4OS/c1-8(2)21-10-4-3-9(18-13(10)16)5-6-22-14-19-11(15)7-12(17)20-14/h3-4,7-8H,5-6H2,1-2H3,(H2,17,19,20). The van der Waals surface area contributed by atoms with Crippen LogP contribution >= 0.6 is 35.0 Å². The van der Waals surface area contributed by atoms with E-state index in [2.05, 4.69) is 15.0 Å². The molecule has 2 heterocycles. The largest absolute Gasteiger partial charge is 0.488 e. The molecule has 2 aromatic heterocycles. The normalized spacial score (nSPS) is 11.0. The summed E-state index contributed by atoms with van der Waals surface area (Å²) in [6.07, 6.45) is 0.786. The lowest BCUT2D eigenvalue weighted by molar-refractivity contribution is 0.241. The number of hydrogen-bond donors (Lipinski definition) is 1. The Bertz CT molecular complexity index is 634. The number of aromatic nitrogens is 3. The molecule has 0 fully saturated rings. The van der Waals surface area contributed by atoms with E-state index in [1.165, 1.54) is 17.8 Å².